The molecule has 2 N–H and O–H groups in total. The molecule has 1 aromatic carbocycles. The zero-order valence-electron chi connectivity index (χ0n) is 11.9. The molecule has 100 valence electrons. The van der Waals surface area contributed by atoms with Gasteiger partial charge in [0.1, 0.15) is 5.82 Å². The fourth-order valence-corrected chi connectivity index (χ4v) is 1.96. The summed E-state index contributed by atoms with van der Waals surface area (Å²) in [4.78, 5) is 8.89. The van der Waals surface area contributed by atoms with Crippen molar-refractivity contribution >= 4 is 0 Å². The Labute approximate surface area is 114 Å². The molecule has 1 heterocycles. The average Bonchev–Trinajstić information content (AvgIpc) is 2.37. The molecule has 2 aromatic rings. The first-order valence-corrected chi connectivity index (χ1v) is 6.68. The van der Waals surface area contributed by atoms with E-state index in [1.807, 2.05) is 19.9 Å². The van der Waals surface area contributed by atoms with Gasteiger partial charge in [0, 0.05) is 23.7 Å². The van der Waals surface area contributed by atoms with Crippen molar-refractivity contribution in [2.75, 3.05) is 0 Å². The van der Waals surface area contributed by atoms with Crippen molar-refractivity contribution in [2.45, 2.75) is 39.2 Å². The Morgan fingerprint density at radius 1 is 1.11 bits per heavy atom. The molecular weight excluding hydrogens is 234 g/mol. The first-order valence-electron chi connectivity index (χ1n) is 6.68. The van der Waals surface area contributed by atoms with Gasteiger partial charge in [-0.3, -0.25) is 0 Å². The van der Waals surface area contributed by atoms with Crippen molar-refractivity contribution in [1.29, 1.82) is 0 Å². The van der Waals surface area contributed by atoms with Crippen LogP contribution in [0.3, 0.4) is 0 Å². The summed E-state index contributed by atoms with van der Waals surface area (Å²) in [6, 6.07) is 10.4. The molecule has 0 aliphatic rings. The predicted octanol–water partition coefficient (Wildman–Crippen LogP) is 2.99. The van der Waals surface area contributed by atoms with Crippen molar-refractivity contribution in [3.63, 3.8) is 0 Å². The monoisotopic (exact) mass is 255 g/mol. The summed E-state index contributed by atoms with van der Waals surface area (Å²) in [7, 11) is 0. The third-order valence-corrected chi connectivity index (χ3v) is 2.98. The van der Waals surface area contributed by atoms with Gasteiger partial charge in [-0.2, -0.15) is 0 Å². The van der Waals surface area contributed by atoms with Crippen LogP contribution in [0.1, 0.15) is 32.2 Å². The van der Waals surface area contributed by atoms with Gasteiger partial charge in [0.15, 0.2) is 0 Å². The third kappa shape index (κ3) is 3.86. The summed E-state index contributed by atoms with van der Waals surface area (Å²) in [6.45, 7) is 6.12. The second-order valence-electron chi connectivity index (χ2n) is 5.57. The first-order chi connectivity index (χ1) is 8.98. The lowest BCUT2D eigenvalue weighted by Gasteiger charge is -2.17. The highest BCUT2D eigenvalue weighted by Gasteiger charge is 2.14. The van der Waals surface area contributed by atoms with E-state index in [0.717, 1.165) is 23.5 Å². The van der Waals surface area contributed by atoms with Crippen LogP contribution in [0.5, 0.6) is 0 Å². The second-order valence-corrected chi connectivity index (χ2v) is 5.57. The van der Waals surface area contributed by atoms with Crippen molar-refractivity contribution in [1.82, 2.24) is 9.97 Å². The van der Waals surface area contributed by atoms with E-state index in [1.54, 1.807) is 6.20 Å². The van der Waals surface area contributed by atoms with Crippen LogP contribution in [0.25, 0.3) is 11.3 Å². The van der Waals surface area contributed by atoms with Crippen LogP contribution >= 0.6 is 0 Å². The standard InChI is InChI=1S/C16H21N3/c1-4-12-5-7-13(8-6-12)14-9-10-18-15(19-14)11-16(2,3)17/h5-10H,4,11,17H2,1-3H3. The average molecular weight is 255 g/mol. The van der Waals surface area contributed by atoms with E-state index in [4.69, 9.17) is 5.73 Å². The highest BCUT2D eigenvalue weighted by molar-refractivity contribution is 5.59. The number of nitrogens with two attached hydrogens (primary N) is 1. The second kappa shape index (κ2) is 5.49. The number of benzene rings is 1. The van der Waals surface area contributed by atoms with Crippen molar-refractivity contribution in [3.05, 3.63) is 47.9 Å². The molecule has 3 heteroatoms. The summed E-state index contributed by atoms with van der Waals surface area (Å²) in [5.41, 5.74) is 9.14. The largest absolute Gasteiger partial charge is 0.325 e. The molecule has 0 spiro atoms. The Balaban J connectivity index is 2.27. The van der Waals surface area contributed by atoms with E-state index < -0.39 is 0 Å². The van der Waals surface area contributed by atoms with Gasteiger partial charge in [-0.1, -0.05) is 31.2 Å². The zero-order valence-corrected chi connectivity index (χ0v) is 11.9. The molecule has 0 fully saturated rings. The Kier molecular flexibility index (Phi) is 3.96. The summed E-state index contributed by atoms with van der Waals surface area (Å²) in [5, 5.41) is 0. The molecule has 0 amide bonds. The van der Waals surface area contributed by atoms with Crippen molar-refractivity contribution < 1.29 is 0 Å². The lowest BCUT2D eigenvalue weighted by atomic mass is 10.0. The number of rotatable bonds is 4. The normalized spacial score (nSPS) is 11.6. The molecule has 0 saturated carbocycles. The highest BCUT2D eigenvalue weighted by Crippen LogP contribution is 2.18. The zero-order chi connectivity index (χ0) is 13.9. The van der Waals surface area contributed by atoms with Gasteiger partial charge in [-0.25, -0.2) is 9.97 Å². The quantitative estimate of drug-likeness (QED) is 0.913. The SMILES string of the molecule is CCc1ccc(-c2ccnc(CC(C)(C)N)n2)cc1. The summed E-state index contributed by atoms with van der Waals surface area (Å²) in [5.74, 6) is 0.796. The van der Waals surface area contributed by atoms with Crippen LogP contribution in [-0.4, -0.2) is 15.5 Å². The molecule has 19 heavy (non-hydrogen) atoms. The Bertz CT molecular complexity index is 539. The van der Waals surface area contributed by atoms with Gasteiger partial charge in [0.25, 0.3) is 0 Å². The highest BCUT2D eigenvalue weighted by atomic mass is 14.9. The van der Waals surface area contributed by atoms with Crippen LogP contribution < -0.4 is 5.73 Å². The molecule has 0 aliphatic carbocycles. The van der Waals surface area contributed by atoms with Gasteiger partial charge in [0.05, 0.1) is 5.69 Å². The van der Waals surface area contributed by atoms with E-state index in [0.29, 0.717) is 6.42 Å². The maximum absolute atomic E-state index is 6.01. The van der Waals surface area contributed by atoms with Gasteiger partial charge in [-0.15, -0.1) is 0 Å². The van der Waals surface area contributed by atoms with E-state index in [-0.39, 0.29) is 5.54 Å². The summed E-state index contributed by atoms with van der Waals surface area (Å²) in [6.07, 6.45) is 3.53. The lowest BCUT2D eigenvalue weighted by molar-refractivity contribution is 0.502. The lowest BCUT2D eigenvalue weighted by Crippen LogP contribution is -2.35. The first kappa shape index (κ1) is 13.7. The van der Waals surface area contributed by atoms with Crippen LogP contribution in [0.4, 0.5) is 0 Å². The van der Waals surface area contributed by atoms with Crippen LogP contribution in [-0.2, 0) is 12.8 Å². The number of nitrogens with zero attached hydrogens (tertiary/aromatic N) is 2. The minimum absolute atomic E-state index is 0.287. The number of hydrogen-bond acceptors (Lipinski definition) is 3. The van der Waals surface area contributed by atoms with Gasteiger partial charge < -0.3 is 5.73 Å². The fraction of sp³-hybridized carbons (Fsp3) is 0.375. The summed E-state index contributed by atoms with van der Waals surface area (Å²) < 4.78 is 0. The minimum atomic E-state index is -0.287. The molecule has 2 rings (SSSR count). The molecule has 1 aromatic heterocycles. The number of aryl methyl sites for hydroxylation is 1. The molecule has 0 bridgehead atoms. The van der Waals surface area contributed by atoms with Crippen LogP contribution in [0.2, 0.25) is 0 Å². The Morgan fingerprint density at radius 3 is 2.37 bits per heavy atom. The maximum Gasteiger partial charge on any atom is 0.130 e. The van der Waals surface area contributed by atoms with Crippen LogP contribution in [0, 0.1) is 0 Å². The molecule has 0 radical (unpaired) electrons. The van der Waals surface area contributed by atoms with Gasteiger partial charge >= 0.3 is 0 Å². The van der Waals surface area contributed by atoms with Crippen LogP contribution in [0.15, 0.2) is 36.5 Å². The molecule has 0 unspecified atom stereocenters. The third-order valence-electron chi connectivity index (χ3n) is 2.98. The fourth-order valence-electron chi connectivity index (χ4n) is 1.96. The van der Waals surface area contributed by atoms with Gasteiger partial charge in [0.2, 0.25) is 0 Å². The minimum Gasteiger partial charge on any atom is -0.325 e. The molecule has 0 saturated heterocycles. The maximum atomic E-state index is 6.01. The Hall–Kier alpha value is -1.74. The number of hydrogen-bond donors (Lipinski definition) is 1. The predicted molar refractivity (Wildman–Crippen MR) is 78.8 cm³/mol. The van der Waals surface area contributed by atoms with E-state index in [1.165, 1.54) is 5.56 Å². The smallest absolute Gasteiger partial charge is 0.130 e. The summed E-state index contributed by atoms with van der Waals surface area (Å²) >= 11 is 0. The molecule has 0 atom stereocenters. The van der Waals surface area contributed by atoms with E-state index >= 15 is 0 Å². The molecule has 3 nitrogen and oxygen atoms in total. The Morgan fingerprint density at radius 2 is 1.79 bits per heavy atom. The van der Waals surface area contributed by atoms with E-state index in [2.05, 4.69) is 41.2 Å². The van der Waals surface area contributed by atoms with Crippen molar-refractivity contribution in [2.24, 2.45) is 5.73 Å². The molecule has 0 aliphatic heterocycles. The van der Waals surface area contributed by atoms with Crippen molar-refractivity contribution in [3.8, 4) is 11.3 Å². The topological polar surface area (TPSA) is 51.8 Å². The van der Waals surface area contributed by atoms with Gasteiger partial charge in [-0.05, 0) is 31.9 Å². The number of aromatic nitrogens is 2. The molecular formula is C16H21N3. The van der Waals surface area contributed by atoms with E-state index in [9.17, 15) is 0 Å².